The highest BCUT2D eigenvalue weighted by Gasteiger charge is 2.23. The Balaban J connectivity index is 1.62. The lowest BCUT2D eigenvalue weighted by atomic mass is 9.99. The maximum Gasteiger partial charge on any atom is 0.0233 e. The molecule has 2 aromatic rings. The molecule has 19 heavy (non-hydrogen) atoms. The molecule has 1 atom stereocenters. The van der Waals surface area contributed by atoms with Crippen molar-refractivity contribution in [2.24, 2.45) is 0 Å². The van der Waals surface area contributed by atoms with Crippen molar-refractivity contribution < 1.29 is 0 Å². The van der Waals surface area contributed by atoms with E-state index in [1.807, 2.05) is 0 Å². The summed E-state index contributed by atoms with van der Waals surface area (Å²) in [4.78, 5) is 2.57. The fourth-order valence-corrected chi connectivity index (χ4v) is 3.18. The van der Waals surface area contributed by atoms with Crippen molar-refractivity contribution in [3.63, 3.8) is 0 Å². The largest absolute Gasteiger partial charge is 0.298 e. The van der Waals surface area contributed by atoms with E-state index in [0.717, 1.165) is 6.54 Å². The molecule has 0 N–H and O–H groups in total. The zero-order chi connectivity index (χ0) is 13.1. The Morgan fingerprint density at radius 2 is 1.74 bits per heavy atom. The molecule has 0 amide bonds. The molecule has 0 bridgehead atoms. The molecule has 98 valence electrons. The normalized spacial score (nSPS) is 19.7. The predicted molar refractivity (Wildman–Crippen MR) is 88.2 cm³/mol. The lowest BCUT2D eigenvalue weighted by Gasteiger charge is -2.16. The summed E-state index contributed by atoms with van der Waals surface area (Å²) >= 11 is 2.36. The van der Waals surface area contributed by atoms with Crippen LogP contribution in [0.2, 0.25) is 0 Å². The molecular formula is C17H18IN. The molecule has 0 saturated carbocycles. The number of nitrogens with zero attached hydrogens (tertiary/aromatic N) is 1. The fourth-order valence-electron chi connectivity index (χ4n) is 2.82. The van der Waals surface area contributed by atoms with Crippen LogP contribution in [-0.2, 0) is 6.54 Å². The minimum atomic E-state index is 0.713. The molecule has 2 aromatic carbocycles. The van der Waals surface area contributed by atoms with Crippen LogP contribution >= 0.6 is 22.6 Å². The molecule has 1 aliphatic heterocycles. The summed E-state index contributed by atoms with van der Waals surface area (Å²) in [5.74, 6) is 0.713. The van der Waals surface area contributed by atoms with Gasteiger partial charge >= 0.3 is 0 Å². The molecule has 1 fully saturated rings. The smallest absolute Gasteiger partial charge is 0.0233 e. The Bertz CT molecular complexity index is 521. The van der Waals surface area contributed by atoms with Gasteiger partial charge in [0.15, 0.2) is 0 Å². The van der Waals surface area contributed by atoms with E-state index in [-0.39, 0.29) is 0 Å². The summed E-state index contributed by atoms with van der Waals surface area (Å²) < 4.78 is 1.31. The van der Waals surface area contributed by atoms with Crippen molar-refractivity contribution in [1.82, 2.24) is 4.90 Å². The van der Waals surface area contributed by atoms with E-state index >= 15 is 0 Å². The lowest BCUT2D eigenvalue weighted by molar-refractivity contribution is 0.327. The third-order valence-corrected chi connectivity index (χ3v) is 4.58. The Morgan fingerprint density at radius 3 is 2.47 bits per heavy atom. The van der Waals surface area contributed by atoms with E-state index < -0.39 is 0 Å². The Hall–Kier alpha value is -0.870. The lowest BCUT2D eigenvalue weighted by Crippen LogP contribution is -2.19. The van der Waals surface area contributed by atoms with Crippen LogP contribution in [0.4, 0.5) is 0 Å². The summed E-state index contributed by atoms with van der Waals surface area (Å²) in [5.41, 5.74) is 2.92. The van der Waals surface area contributed by atoms with E-state index in [1.165, 1.54) is 34.2 Å². The molecule has 1 aliphatic rings. The molecule has 0 radical (unpaired) electrons. The van der Waals surface area contributed by atoms with Gasteiger partial charge in [-0.1, -0.05) is 42.5 Å². The number of rotatable bonds is 3. The van der Waals surface area contributed by atoms with E-state index in [4.69, 9.17) is 0 Å². The van der Waals surface area contributed by atoms with Crippen LogP contribution < -0.4 is 0 Å². The van der Waals surface area contributed by atoms with Gasteiger partial charge in [-0.3, -0.25) is 4.90 Å². The molecule has 1 heterocycles. The summed E-state index contributed by atoms with van der Waals surface area (Å²) in [5, 5.41) is 0. The molecule has 0 aromatic heterocycles. The fraction of sp³-hybridized carbons (Fsp3) is 0.294. The highest BCUT2D eigenvalue weighted by molar-refractivity contribution is 14.1. The average Bonchev–Trinajstić information content (AvgIpc) is 2.91. The molecule has 0 aliphatic carbocycles. The number of likely N-dealkylation sites (tertiary alicyclic amines) is 1. The van der Waals surface area contributed by atoms with Crippen LogP contribution in [0, 0.1) is 3.57 Å². The SMILES string of the molecule is Ic1ccc(CN2CCC(c3ccccc3)C2)cc1. The van der Waals surface area contributed by atoms with E-state index in [1.54, 1.807) is 0 Å². The maximum absolute atomic E-state index is 2.57. The molecule has 1 unspecified atom stereocenters. The van der Waals surface area contributed by atoms with E-state index in [9.17, 15) is 0 Å². The van der Waals surface area contributed by atoms with Crippen molar-refractivity contribution >= 4 is 22.6 Å². The monoisotopic (exact) mass is 363 g/mol. The van der Waals surface area contributed by atoms with Gasteiger partial charge in [0.05, 0.1) is 0 Å². The molecule has 0 spiro atoms. The molecule has 1 nitrogen and oxygen atoms in total. The van der Waals surface area contributed by atoms with Crippen LogP contribution in [0.3, 0.4) is 0 Å². The van der Waals surface area contributed by atoms with Gasteiger partial charge in [-0.05, 0) is 64.7 Å². The average molecular weight is 363 g/mol. The Kier molecular flexibility index (Phi) is 4.18. The summed E-state index contributed by atoms with van der Waals surface area (Å²) in [6, 6.07) is 19.8. The second-order valence-corrected chi connectivity index (χ2v) is 6.50. The minimum absolute atomic E-state index is 0.713. The van der Waals surface area contributed by atoms with Crippen molar-refractivity contribution in [3.8, 4) is 0 Å². The van der Waals surface area contributed by atoms with Crippen LogP contribution in [0.25, 0.3) is 0 Å². The summed E-state index contributed by atoms with van der Waals surface area (Å²) in [6.45, 7) is 3.49. The highest BCUT2D eigenvalue weighted by Crippen LogP contribution is 2.27. The van der Waals surface area contributed by atoms with Crippen molar-refractivity contribution in [3.05, 3.63) is 69.3 Å². The summed E-state index contributed by atoms with van der Waals surface area (Å²) in [6.07, 6.45) is 1.29. The van der Waals surface area contributed by atoms with E-state index in [0.29, 0.717) is 5.92 Å². The van der Waals surface area contributed by atoms with Gasteiger partial charge in [-0.25, -0.2) is 0 Å². The van der Waals surface area contributed by atoms with Crippen LogP contribution in [0.15, 0.2) is 54.6 Å². The number of halogens is 1. The maximum atomic E-state index is 2.57. The second-order valence-electron chi connectivity index (χ2n) is 5.26. The van der Waals surface area contributed by atoms with Crippen LogP contribution in [-0.4, -0.2) is 18.0 Å². The van der Waals surface area contributed by atoms with Gasteiger partial charge in [0.25, 0.3) is 0 Å². The van der Waals surface area contributed by atoms with Gasteiger partial charge in [-0.2, -0.15) is 0 Å². The first kappa shape index (κ1) is 13.1. The summed E-state index contributed by atoms with van der Waals surface area (Å²) in [7, 11) is 0. The van der Waals surface area contributed by atoms with Crippen LogP contribution in [0.1, 0.15) is 23.5 Å². The number of benzene rings is 2. The standard InChI is InChI=1S/C17H18IN/c18-17-8-6-14(7-9-17)12-19-11-10-16(13-19)15-4-2-1-3-5-15/h1-9,16H,10-13H2. The van der Waals surface area contributed by atoms with Gasteiger partial charge in [0, 0.05) is 16.7 Å². The number of hydrogen-bond donors (Lipinski definition) is 0. The number of hydrogen-bond acceptors (Lipinski definition) is 1. The second kappa shape index (κ2) is 6.06. The van der Waals surface area contributed by atoms with Crippen molar-refractivity contribution in [1.29, 1.82) is 0 Å². The van der Waals surface area contributed by atoms with Crippen molar-refractivity contribution in [2.45, 2.75) is 18.9 Å². The Labute approximate surface area is 128 Å². The molecule has 3 rings (SSSR count). The van der Waals surface area contributed by atoms with Crippen molar-refractivity contribution in [2.75, 3.05) is 13.1 Å². The van der Waals surface area contributed by atoms with Gasteiger partial charge in [0.1, 0.15) is 0 Å². The third-order valence-electron chi connectivity index (χ3n) is 3.86. The van der Waals surface area contributed by atoms with E-state index in [2.05, 4.69) is 82.1 Å². The third kappa shape index (κ3) is 3.37. The van der Waals surface area contributed by atoms with Gasteiger partial charge < -0.3 is 0 Å². The zero-order valence-corrected chi connectivity index (χ0v) is 13.1. The molecular weight excluding hydrogens is 345 g/mol. The topological polar surface area (TPSA) is 3.24 Å². The van der Waals surface area contributed by atoms with Gasteiger partial charge in [-0.15, -0.1) is 0 Å². The zero-order valence-electron chi connectivity index (χ0n) is 10.9. The highest BCUT2D eigenvalue weighted by atomic mass is 127. The molecule has 1 saturated heterocycles. The van der Waals surface area contributed by atoms with Gasteiger partial charge in [0.2, 0.25) is 0 Å². The first-order valence-electron chi connectivity index (χ1n) is 6.83. The minimum Gasteiger partial charge on any atom is -0.298 e. The molecule has 2 heteroatoms. The van der Waals surface area contributed by atoms with Crippen LogP contribution in [0.5, 0.6) is 0 Å². The first-order valence-corrected chi connectivity index (χ1v) is 7.91. The first-order chi connectivity index (χ1) is 9.31. The quantitative estimate of drug-likeness (QED) is 0.736. The Morgan fingerprint density at radius 1 is 1.00 bits per heavy atom. The predicted octanol–water partition coefficient (Wildman–Crippen LogP) is 4.28.